The lowest BCUT2D eigenvalue weighted by Gasteiger charge is -2.26. The van der Waals surface area contributed by atoms with Crippen LogP contribution < -0.4 is 20.5 Å². The second-order valence-corrected chi connectivity index (χ2v) is 6.92. The minimum atomic E-state index is -0.572. The molecule has 0 fully saturated rings. The first kappa shape index (κ1) is 18.0. The molecule has 0 unspecified atom stereocenters. The molecule has 2 aromatic heterocycles. The van der Waals surface area contributed by atoms with Gasteiger partial charge < -0.3 is 19.2 Å². The van der Waals surface area contributed by atoms with Gasteiger partial charge in [0.05, 0.1) is 23.9 Å². The Morgan fingerprint density at radius 3 is 2.83 bits per heavy atom. The number of nitrogens with zero attached hydrogens (tertiary/aromatic N) is 3. The Balaban J connectivity index is 1.22. The van der Waals surface area contributed by atoms with Crippen molar-refractivity contribution in [3.05, 3.63) is 71.5 Å². The van der Waals surface area contributed by atoms with E-state index in [-0.39, 0.29) is 18.6 Å². The van der Waals surface area contributed by atoms with Crippen LogP contribution in [-0.2, 0) is 17.9 Å². The molecule has 4 aromatic rings. The number of benzene rings is 2. The molecule has 1 aliphatic rings. The predicted molar refractivity (Wildman–Crippen MR) is 108 cm³/mol. The molecular formula is C21H18N4O5. The highest BCUT2D eigenvalue weighted by Gasteiger charge is 2.21. The lowest BCUT2D eigenvalue weighted by Crippen LogP contribution is -2.33. The highest BCUT2D eigenvalue weighted by molar-refractivity contribution is 5.91. The van der Waals surface area contributed by atoms with Crippen LogP contribution in [0.2, 0.25) is 0 Å². The van der Waals surface area contributed by atoms with Crippen LogP contribution in [0.4, 0.5) is 5.69 Å². The van der Waals surface area contributed by atoms with E-state index in [4.69, 9.17) is 13.9 Å². The Morgan fingerprint density at radius 1 is 1.13 bits per heavy atom. The monoisotopic (exact) mass is 406 g/mol. The Bertz CT molecular complexity index is 1270. The summed E-state index contributed by atoms with van der Waals surface area (Å²) >= 11 is 0. The van der Waals surface area contributed by atoms with Gasteiger partial charge in [-0.3, -0.25) is 14.0 Å². The van der Waals surface area contributed by atoms with Gasteiger partial charge in [-0.05, 0) is 24.3 Å². The van der Waals surface area contributed by atoms with E-state index in [9.17, 15) is 9.59 Å². The van der Waals surface area contributed by atoms with Crippen LogP contribution in [0.5, 0.6) is 11.5 Å². The second-order valence-electron chi connectivity index (χ2n) is 6.92. The smallest absolute Gasteiger partial charge is 0.420 e. The highest BCUT2D eigenvalue weighted by atomic mass is 16.6. The van der Waals surface area contributed by atoms with Crippen molar-refractivity contribution in [1.82, 2.24) is 14.3 Å². The minimum Gasteiger partial charge on any atom is -0.486 e. The largest absolute Gasteiger partial charge is 0.486 e. The van der Waals surface area contributed by atoms with E-state index in [0.29, 0.717) is 35.7 Å². The topological polar surface area (TPSA) is 101 Å². The average Bonchev–Trinajstić information content (AvgIpc) is 3.31. The van der Waals surface area contributed by atoms with Crippen molar-refractivity contribution in [2.45, 2.75) is 19.2 Å². The SMILES string of the molecule is O=C(Cn1c(=O)oc2ccccc21)Nc1cnn(C[C@@H]2COc3ccccc3O2)c1. The first-order valence-electron chi connectivity index (χ1n) is 9.45. The van der Waals surface area contributed by atoms with Crippen molar-refractivity contribution in [2.75, 3.05) is 11.9 Å². The van der Waals surface area contributed by atoms with Crippen molar-refractivity contribution < 1.29 is 18.7 Å². The van der Waals surface area contributed by atoms with E-state index in [0.717, 1.165) is 5.75 Å². The minimum absolute atomic E-state index is 0.155. The molecule has 3 heterocycles. The summed E-state index contributed by atoms with van der Waals surface area (Å²) in [5.41, 5.74) is 1.54. The van der Waals surface area contributed by atoms with Gasteiger partial charge in [-0.2, -0.15) is 5.10 Å². The van der Waals surface area contributed by atoms with E-state index in [1.54, 1.807) is 41.3 Å². The summed E-state index contributed by atoms with van der Waals surface area (Å²) in [6.07, 6.45) is 3.06. The Morgan fingerprint density at radius 2 is 1.93 bits per heavy atom. The van der Waals surface area contributed by atoms with Gasteiger partial charge in [-0.25, -0.2) is 4.79 Å². The van der Waals surface area contributed by atoms with Gasteiger partial charge in [0.2, 0.25) is 5.91 Å². The Kier molecular flexibility index (Phi) is 4.47. The first-order chi connectivity index (χ1) is 14.7. The Labute approximate surface area is 170 Å². The molecule has 152 valence electrons. The van der Waals surface area contributed by atoms with Gasteiger partial charge in [-0.15, -0.1) is 0 Å². The molecule has 0 bridgehead atoms. The fraction of sp³-hybridized carbons (Fsp3) is 0.190. The molecule has 1 amide bonds. The molecule has 9 heteroatoms. The van der Waals surface area contributed by atoms with E-state index < -0.39 is 5.76 Å². The number of nitrogens with one attached hydrogen (secondary N) is 1. The molecule has 0 saturated carbocycles. The summed E-state index contributed by atoms with van der Waals surface area (Å²) < 4.78 is 19.8. The average molecular weight is 406 g/mol. The maximum atomic E-state index is 12.4. The molecule has 9 nitrogen and oxygen atoms in total. The van der Waals surface area contributed by atoms with Crippen LogP contribution in [-0.4, -0.2) is 33.0 Å². The zero-order chi connectivity index (χ0) is 20.5. The van der Waals surface area contributed by atoms with Crippen LogP contribution in [0, 0.1) is 0 Å². The van der Waals surface area contributed by atoms with Gasteiger partial charge in [0.1, 0.15) is 13.2 Å². The van der Waals surface area contributed by atoms with Crippen LogP contribution in [0.3, 0.4) is 0 Å². The number of carbonyl (C=O) groups excluding carboxylic acids is 1. The number of oxazole rings is 1. The Hall–Kier alpha value is -4.01. The van der Waals surface area contributed by atoms with Gasteiger partial charge in [0, 0.05) is 6.20 Å². The maximum absolute atomic E-state index is 12.4. The number of fused-ring (bicyclic) bond motifs is 2. The maximum Gasteiger partial charge on any atom is 0.420 e. The molecule has 0 saturated heterocycles. The van der Waals surface area contributed by atoms with E-state index in [1.807, 2.05) is 24.3 Å². The summed E-state index contributed by atoms with van der Waals surface area (Å²) in [5, 5.41) is 7.01. The van der Waals surface area contributed by atoms with Crippen LogP contribution in [0.15, 0.2) is 70.1 Å². The number of para-hydroxylation sites is 4. The number of carbonyl (C=O) groups is 1. The standard InChI is InChI=1S/C21H18N4O5/c26-20(12-25-16-5-1-2-6-17(16)30-21(25)27)23-14-9-22-24(10-14)11-15-13-28-18-7-3-4-8-19(18)29-15/h1-10,15H,11-13H2,(H,23,26)/t15-/m1/s1. The molecule has 0 aliphatic carbocycles. The van der Waals surface area contributed by atoms with E-state index >= 15 is 0 Å². The number of hydrogen-bond acceptors (Lipinski definition) is 6. The van der Waals surface area contributed by atoms with Crippen molar-refractivity contribution >= 4 is 22.7 Å². The summed E-state index contributed by atoms with van der Waals surface area (Å²) in [6.45, 7) is 0.725. The first-order valence-corrected chi connectivity index (χ1v) is 9.45. The van der Waals surface area contributed by atoms with Gasteiger partial charge in [-0.1, -0.05) is 24.3 Å². The molecule has 0 radical (unpaired) electrons. The van der Waals surface area contributed by atoms with Crippen molar-refractivity contribution in [2.24, 2.45) is 0 Å². The number of aromatic nitrogens is 3. The number of hydrogen-bond donors (Lipinski definition) is 1. The summed E-state index contributed by atoms with van der Waals surface area (Å²) in [7, 11) is 0. The fourth-order valence-corrected chi connectivity index (χ4v) is 3.40. The third kappa shape index (κ3) is 3.52. The number of amides is 1. The van der Waals surface area contributed by atoms with E-state index in [2.05, 4.69) is 10.4 Å². The third-order valence-corrected chi connectivity index (χ3v) is 4.75. The number of ether oxygens (including phenoxy) is 2. The van der Waals surface area contributed by atoms with Crippen molar-refractivity contribution in [3.8, 4) is 11.5 Å². The summed E-state index contributed by atoms with van der Waals surface area (Å²) in [5.74, 6) is 0.502. The molecule has 30 heavy (non-hydrogen) atoms. The normalized spacial score (nSPS) is 15.3. The van der Waals surface area contributed by atoms with Gasteiger partial charge in [0.15, 0.2) is 23.2 Å². The molecule has 5 rings (SSSR count). The lowest BCUT2D eigenvalue weighted by molar-refractivity contribution is -0.116. The zero-order valence-corrected chi connectivity index (χ0v) is 15.9. The lowest BCUT2D eigenvalue weighted by atomic mass is 10.2. The molecule has 1 aliphatic heterocycles. The van der Waals surface area contributed by atoms with Crippen molar-refractivity contribution in [1.29, 1.82) is 0 Å². The quantitative estimate of drug-likeness (QED) is 0.546. The number of rotatable bonds is 5. The van der Waals surface area contributed by atoms with Crippen LogP contribution >= 0.6 is 0 Å². The van der Waals surface area contributed by atoms with Crippen LogP contribution in [0.25, 0.3) is 11.1 Å². The second kappa shape index (κ2) is 7.43. The highest BCUT2D eigenvalue weighted by Crippen LogP contribution is 2.31. The molecule has 2 aromatic carbocycles. The van der Waals surface area contributed by atoms with Crippen molar-refractivity contribution in [3.63, 3.8) is 0 Å². The molecule has 1 N–H and O–H groups in total. The van der Waals surface area contributed by atoms with E-state index in [1.165, 1.54) is 4.57 Å². The molecule has 0 spiro atoms. The third-order valence-electron chi connectivity index (χ3n) is 4.75. The zero-order valence-electron chi connectivity index (χ0n) is 15.9. The fourth-order valence-electron chi connectivity index (χ4n) is 3.40. The summed E-state index contributed by atoms with van der Waals surface area (Å²) in [4.78, 5) is 24.4. The molecule has 1 atom stereocenters. The van der Waals surface area contributed by atoms with Gasteiger partial charge in [0.25, 0.3) is 0 Å². The summed E-state index contributed by atoms with van der Waals surface area (Å²) in [6, 6.07) is 14.5. The predicted octanol–water partition coefficient (Wildman–Crippen LogP) is 2.27. The molecular weight excluding hydrogens is 388 g/mol. The van der Waals surface area contributed by atoms with Crippen LogP contribution in [0.1, 0.15) is 0 Å². The van der Waals surface area contributed by atoms with Gasteiger partial charge >= 0.3 is 5.76 Å². The number of anilines is 1.